The maximum Gasteiger partial charge on any atom is 0.472 e. The van der Waals surface area contributed by atoms with E-state index in [0.717, 1.165) is 108 Å². The van der Waals surface area contributed by atoms with Gasteiger partial charge in [-0.15, -0.1) is 0 Å². The Hall–Kier alpha value is -1.94. The van der Waals surface area contributed by atoms with Crippen LogP contribution in [0.5, 0.6) is 0 Å². The van der Waals surface area contributed by atoms with Crippen LogP contribution in [0.4, 0.5) is 0 Å². The number of hydrogen-bond acceptors (Lipinski definition) is 15. The highest BCUT2D eigenvalue weighted by Gasteiger charge is 2.30. The number of rotatable bonds is 62. The largest absolute Gasteiger partial charge is 0.472 e. The second kappa shape index (κ2) is 55.2. The van der Waals surface area contributed by atoms with Gasteiger partial charge in [0.15, 0.2) is 12.2 Å². The summed E-state index contributed by atoms with van der Waals surface area (Å²) in [6.45, 7) is 13.9. The van der Waals surface area contributed by atoms with Gasteiger partial charge in [-0.3, -0.25) is 37.3 Å². The van der Waals surface area contributed by atoms with Crippen LogP contribution in [0.25, 0.3) is 0 Å². The van der Waals surface area contributed by atoms with Gasteiger partial charge in [0.1, 0.15) is 19.3 Å². The van der Waals surface area contributed by atoms with Crippen molar-refractivity contribution >= 4 is 39.5 Å². The quantitative estimate of drug-likeness (QED) is 0.0222. The first-order chi connectivity index (χ1) is 40.1. The predicted molar refractivity (Wildman–Crippen MR) is 335 cm³/mol. The van der Waals surface area contributed by atoms with E-state index in [9.17, 15) is 43.2 Å². The van der Waals surface area contributed by atoms with Crippen LogP contribution in [0.1, 0.15) is 312 Å². The van der Waals surface area contributed by atoms with Gasteiger partial charge in [-0.2, -0.15) is 0 Å². The van der Waals surface area contributed by atoms with Crippen LogP contribution in [0.15, 0.2) is 0 Å². The summed E-state index contributed by atoms with van der Waals surface area (Å²) in [6, 6.07) is 0. The molecule has 0 bridgehead atoms. The third-order valence-corrected chi connectivity index (χ3v) is 17.1. The van der Waals surface area contributed by atoms with Crippen LogP contribution < -0.4 is 0 Å². The summed E-state index contributed by atoms with van der Waals surface area (Å²) in [5.74, 6) is 0.749. The normalized spacial score (nSPS) is 14.7. The van der Waals surface area contributed by atoms with Gasteiger partial charge in [-0.05, 0) is 49.4 Å². The topological polar surface area (TPSA) is 237 Å². The molecule has 0 aliphatic carbocycles. The number of esters is 4. The van der Waals surface area contributed by atoms with Gasteiger partial charge in [0.25, 0.3) is 0 Å². The van der Waals surface area contributed by atoms with Crippen molar-refractivity contribution in [2.24, 2.45) is 23.7 Å². The smallest absolute Gasteiger partial charge is 0.462 e. The van der Waals surface area contributed by atoms with E-state index in [1.165, 1.54) is 109 Å². The summed E-state index contributed by atoms with van der Waals surface area (Å²) in [4.78, 5) is 72.2. The molecule has 0 saturated carbocycles. The second-order valence-corrected chi connectivity index (χ2v) is 28.1. The Morgan fingerprint density at radius 3 is 0.845 bits per heavy atom. The molecule has 0 spiro atoms. The molecule has 0 radical (unpaired) electrons. The molecule has 0 fully saturated rings. The molecule has 6 atom stereocenters. The lowest BCUT2D eigenvalue weighted by Gasteiger charge is -2.21. The maximum atomic E-state index is 13.0. The SMILES string of the molecule is CCC(C)CCCCCCCCCCC(=O)OC[C@H](COP(=O)(O)OC[C@@H](O)COP(=O)(O)OC[C@@H](COC(=O)CCCCCCCCC(C)C)OC(=O)CCCCCCCCC(C)C)OC(=O)CCCCCCCCCCCCCC(C)C. The van der Waals surface area contributed by atoms with Gasteiger partial charge in [-0.1, -0.05) is 261 Å². The molecule has 3 unspecified atom stereocenters. The molecule has 3 N–H and O–H groups in total. The molecule has 0 saturated heterocycles. The van der Waals surface area contributed by atoms with Crippen LogP contribution in [0, 0.1) is 23.7 Å². The van der Waals surface area contributed by atoms with Crippen LogP contribution in [0.3, 0.4) is 0 Å². The van der Waals surface area contributed by atoms with E-state index in [1.54, 1.807) is 0 Å². The number of aliphatic hydroxyl groups is 1. The first-order valence-electron chi connectivity index (χ1n) is 33.7. The lowest BCUT2D eigenvalue weighted by Crippen LogP contribution is -2.30. The van der Waals surface area contributed by atoms with Crippen molar-refractivity contribution < 1.29 is 80.2 Å². The molecule has 0 aliphatic rings. The van der Waals surface area contributed by atoms with E-state index in [1.807, 2.05) is 0 Å². The standard InChI is InChI=1S/C65H126O17P2/c1-9-58(8)44-36-28-18-15-16-19-29-37-45-62(67)75-51-60(81-64(69)47-39-31-20-14-12-10-11-13-17-25-33-41-55(2)3)53-79-83(71,72)77-49-59(66)50-78-84(73,74)80-54-61(82-65(70)48-40-32-24-22-27-35-43-57(6)7)52-76-63(68)46-38-30-23-21-26-34-42-56(4)5/h55-61,66H,9-54H2,1-8H3,(H,71,72)(H,73,74)/t58?,59-,60-,61-/m1/s1. The number of hydrogen-bond donors (Lipinski definition) is 3. The third-order valence-electron chi connectivity index (χ3n) is 15.2. The Bertz CT molecular complexity index is 1680. The Balaban J connectivity index is 5.25. The molecular weight excluding hydrogens is 1110 g/mol. The molecular formula is C65H126O17P2. The number of carbonyl (C=O) groups excluding carboxylic acids is 4. The zero-order chi connectivity index (χ0) is 62.5. The summed E-state index contributed by atoms with van der Waals surface area (Å²) in [6.07, 6.45) is 35.1. The predicted octanol–water partition coefficient (Wildman–Crippen LogP) is 17.8. The molecule has 0 aromatic rings. The Morgan fingerprint density at radius 1 is 0.333 bits per heavy atom. The summed E-state index contributed by atoms with van der Waals surface area (Å²) in [7, 11) is -9.89. The van der Waals surface area contributed by atoms with Crippen molar-refractivity contribution in [3.8, 4) is 0 Å². The summed E-state index contributed by atoms with van der Waals surface area (Å²) < 4.78 is 68.0. The summed E-state index contributed by atoms with van der Waals surface area (Å²) in [5.41, 5.74) is 0. The Labute approximate surface area is 511 Å². The molecule has 498 valence electrons. The maximum absolute atomic E-state index is 13.0. The molecule has 0 amide bonds. The minimum atomic E-state index is -4.95. The fourth-order valence-electron chi connectivity index (χ4n) is 9.57. The van der Waals surface area contributed by atoms with Crippen molar-refractivity contribution in [3.05, 3.63) is 0 Å². The molecule has 0 heterocycles. The van der Waals surface area contributed by atoms with Crippen molar-refractivity contribution in [3.63, 3.8) is 0 Å². The molecule has 0 aromatic carbocycles. The number of phosphoric acid groups is 2. The minimum absolute atomic E-state index is 0.100. The van der Waals surface area contributed by atoms with Gasteiger partial charge in [0.2, 0.25) is 0 Å². The zero-order valence-electron chi connectivity index (χ0n) is 54.5. The zero-order valence-corrected chi connectivity index (χ0v) is 56.3. The molecule has 84 heavy (non-hydrogen) atoms. The highest BCUT2D eigenvalue weighted by molar-refractivity contribution is 7.47. The number of ether oxygens (including phenoxy) is 4. The molecule has 17 nitrogen and oxygen atoms in total. The van der Waals surface area contributed by atoms with E-state index >= 15 is 0 Å². The van der Waals surface area contributed by atoms with E-state index in [0.29, 0.717) is 37.5 Å². The van der Waals surface area contributed by atoms with Crippen LogP contribution in [0.2, 0.25) is 0 Å². The highest BCUT2D eigenvalue weighted by Crippen LogP contribution is 2.45. The molecule has 0 aromatic heterocycles. The number of aliphatic hydroxyl groups excluding tert-OH is 1. The number of unbranched alkanes of at least 4 members (excludes halogenated alkanes) is 27. The fourth-order valence-corrected chi connectivity index (χ4v) is 11.2. The Morgan fingerprint density at radius 2 is 0.571 bits per heavy atom. The second-order valence-electron chi connectivity index (χ2n) is 25.2. The minimum Gasteiger partial charge on any atom is -0.462 e. The molecule has 0 rings (SSSR count). The highest BCUT2D eigenvalue weighted by atomic mass is 31.2. The van der Waals surface area contributed by atoms with E-state index < -0.39 is 97.5 Å². The van der Waals surface area contributed by atoms with E-state index in [-0.39, 0.29) is 25.7 Å². The van der Waals surface area contributed by atoms with Crippen molar-refractivity contribution in [2.45, 2.75) is 331 Å². The molecule has 19 heteroatoms. The average molecular weight is 1240 g/mol. The number of phosphoric ester groups is 2. The fraction of sp³-hybridized carbons (Fsp3) is 0.938. The van der Waals surface area contributed by atoms with Gasteiger partial charge in [0, 0.05) is 25.7 Å². The molecule has 0 aliphatic heterocycles. The summed E-state index contributed by atoms with van der Waals surface area (Å²) >= 11 is 0. The van der Waals surface area contributed by atoms with Crippen LogP contribution >= 0.6 is 15.6 Å². The monoisotopic (exact) mass is 1240 g/mol. The van der Waals surface area contributed by atoms with Gasteiger partial charge in [-0.25, -0.2) is 9.13 Å². The average Bonchev–Trinajstić information content (AvgIpc) is 3.56. The van der Waals surface area contributed by atoms with Crippen LogP contribution in [-0.2, 0) is 65.4 Å². The van der Waals surface area contributed by atoms with Gasteiger partial charge >= 0.3 is 39.5 Å². The van der Waals surface area contributed by atoms with Crippen molar-refractivity contribution in [1.82, 2.24) is 0 Å². The first-order valence-corrected chi connectivity index (χ1v) is 36.7. The van der Waals surface area contributed by atoms with Crippen LogP contribution in [-0.4, -0.2) is 96.7 Å². The van der Waals surface area contributed by atoms with Gasteiger partial charge in [0.05, 0.1) is 26.4 Å². The lowest BCUT2D eigenvalue weighted by atomic mass is 9.99. The summed E-state index contributed by atoms with van der Waals surface area (Å²) in [5, 5.41) is 10.5. The van der Waals surface area contributed by atoms with Crippen molar-refractivity contribution in [1.29, 1.82) is 0 Å². The van der Waals surface area contributed by atoms with Crippen molar-refractivity contribution in [2.75, 3.05) is 39.6 Å². The lowest BCUT2D eigenvalue weighted by molar-refractivity contribution is -0.161. The third kappa shape index (κ3) is 57.8. The first kappa shape index (κ1) is 82.1. The Kier molecular flexibility index (Phi) is 53.9. The van der Waals surface area contributed by atoms with E-state index in [4.69, 9.17) is 37.0 Å². The number of carbonyl (C=O) groups is 4. The van der Waals surface area contributed by atoms with E-state index in [2.05, 4.69) is 55.4 Å². The van der Waals surface area contributed by atoms with Gasteiger partial charge < -0.3 is 33.8 Å².